The minimum absolute atomic E-state index is 0.0374. The van der Waals surface area contributed by atoms with Gasteiger partial charge in [0.15, 0.2) is 0 Å². The van der Waals surface area contributed by atoms with Crippen LogP contribution in [0.25, 0.3) is 0 Å². The number of ether oxygens (including phenoxy) is 1. The Kier molecular flexibility index (Phi) is 5.61. The molecule has 1 spiro atoms. The molecular formula is C27H35N3O3. The minimum Gasteiger partial charge on any atom is -0.497 e. The number of amides is 2. The van der Waals surface area contributed by atoms with Gasteiger partial charge in [0.25, 0.3) is 0 Å². The van der Waals surface area contributed by atoms with Gasteiger partial charge in [-0.05, 0) is 68.2 Å². The summed E-state index contributed by atoms with van der Waals surface area (Å²) in [6, 6.07) is 18.3. The van der Waals surface area contributed by atoms with Crippen LogP contribution in [0.4, 0.5) is 4.79 Å². The van der Waals surface area contributed by atoms with Crippen molar-refractivity contribution in [2.24, 2.45) is 5.73 Å². The van der Waals surface area contributed by atoms with Gasteiger partial charge in [-0.3, -0.25) is 0 Å². The Labute approximate surface area is 196 Å². The average Bonchev–Trinajstić information content (AvgIpc) is 3.07. The van der Waals surface area contributed by atoms with Crippen molar-refractivity contribution in [1.82, 2.24) is 9.80 Å². The van der Waals surface area contributed by atoms with Crippen LogP contribution in [0, 0.1) is 0 Å². The first-order chi connectivity index (χ1) is 15.8. The number of hydrogen-bond acceptors (Lipinski definition) is 4. The highest BCUT2D eigenvalue weighted by Crippen LogP contribution is 2.47. The molecule has 176 valence electrons. The van der Waals surface area contributed by atoms with Gasteiger partial charge >= 0.3 is 6.03 Å². The molecule has 1 saturated heterocycles. The second-order valence-corrected chi connectivity index (χ2v) is 10.4. The van der Waals surface area contributed by atoms with Crippen molar-refractivity contribution in [3.8, 4) is 5.75 Å². The quantitative estimate of drug-likeness (QED) is 0.698. The van der Waals surface area contributed by atoms with Crippen LogP contribution in [0.1, 0.15) is 56.1 Å². The molecule has 2 aliphatic carbocycles. The fourth-order valence-corrected chi connectivity index (χ4v) is 5.88. The molecule has 5 rings (SSSR count). The number of β-amino-alcohol motifs (C(OH)–C–C–N with tert-alkyl or cyclic N) is 1. The fourth-order valence-electron chi connectivity index (χ4n) is 5.88. The first-order valence-electron chi connectivity index (χ1n) is 12.1. The summed E-state index contributed by atoms with van der Waals surface area (Å²) >= 11 is 0. The number of carbonyl (C=O) groups is 1. The summed E-state index contributed by atoms with van der Waals surface area (Å²) in [7, 11) is 1.65. The second kappa shape index (κ2) is 8.33. The zero-order chi connectivity index (χ0) is 23.1. The first kappa shape index (κ1) is 22.2. The van der Waals surface area contributed by atoms with Crippen LogP contribution < -0.4 is 10.5 Å². The summed E-state index contributed by atoms with van der Waals surface area (Å²) in [5, 5.41) is 11.0. The molecule has 0 unspecified atom stereocenters. The summed E-state index contributed by atoms with van der Waals surface area (Å²) < 4.78 is 5.27. The molecule has 1 aliphatic heterocycles. The predicted molar refractivity (Wildman–Crippen MR) is 128 cm³/mol. The number of urea groups is 1. The Hall–Kier alpha value is -2.57. The molecule has 3 aliphatic rings. The predicted octanol–water partition coefficient (Wildman–Crippen LogP) is 4.01. The van der Waals surface area contributed by atoms with E-state index in [0.717, 1.165) is 56.3 Å². The molecule has 2 saturated carbocycles. The van der Waals surface area contributed by atoms with Crippen molar-refractivity contribution < 1.29 is 14.6 Å². The Balaban J connectivity index is 1.37. The van der Waals surface area contributed by atoms with Crippen LogP contribution in [0.15, 0.2) is 54.6 Å². The Morgan fingerprint density at radius 3 is 2.21 bits per heavy atom. The van der Waals surface area contributed by atoms with Crippen molar-refractivity contribution in [3.05, 3.63) is 65.7 Å². The van der Waals surface area contributed by atoms with Gasteiger partial charge in [-0.2, -0.15) is 0 Å². The van der Waals surface area contributed by atoms with E-state index in [1.807, 2.05) is 52.3 Å². The lowest BCUT2D eigenvalue weighted by molar-refractivity contribution is -0.0683. The summed E-state index contributed by atoms with van der Waals surface area (Å²) in [5.74, 6) is 0.810. The average molecular weight is 450 g/mol. The lowest BCUT2D eigenvalue weighted by Crippen LogP contribution is -2.59. The number of hydrogen-bond donors (Lipinski definition) is 2. The molecule has 3 fully saturated rings. The third-order valence-electron chi connectivity index (χ3n) is 8.25. The number of aliphatic hydroxyl groups is 1. The van der Waals surface area contributed by atoms with Crippen molar-refractivity contribution in [1.29, 1.82) is 0 Å². The molecular weight excluding hydrogens is 414 g/mol. The zero-order valence-electron chi connectivity index (χ0n) is 19.5. The number of nitrogens with zero attached hydrogens (tertiary/aromatic N) is 2. The number of methoxy groups -OCH3 is 1. The summed E-state index contributed by atoms with van der Waals surface area (Å²) in [4.78, 5) is 17.6. The molecule has 2 aromatic rings. The SMILES string of the molecule is COc1ccc(CN2C[C@]3(CC[C@@](N)(c4ccccc4)CC3)N(CC3(O)CCC3)C2=O)cc1. The van der Waals surface area contributed by atoms with Gasteiger partial charge in [-0.15, -0.1) is 0 Å². The molecule has 2 amide bonds. The van der Waals surface area contributed by atoms with E-state index in [1.54, 1.807) is 7.11 Å². The summed E-state index contributed by atoms with van der Waals surface area (Å²) in [6.45, 7) is 1.67. The number of rotatable bonds is 6. The minimum atomic E-state index is -0.741. The van der Waals surface area contributed by atoms with Gasteiger partial charge in [-0.25, -0.2) is 4.79 Å². The van der Waals surface area contributed by atoms with E-state index >= 15 is 0 Å². The van der Waals surface area contributed by atoms with Gasteiger partial charge in [-0.1, -0.05) is 42.5 Å². The molecule has 6 heteroatoms. The van der Waals surface area contributed by atoms with Crippen LogP contribution in [0.2, 0.25) is 0 Å². The normalized spacial score (nSPS) is 28.8. The van der Waals surface area contributed by atoms with Gasteiger partial charge in [0.2, 0.25) is 0 Å². The fraction of sp³-hybridized carbons (Fsp3) is 0.519. The van der Waals surface area contributed by atoms with E-state index in [2.05, 4.69) is 12.1 Å². The smallest absolute Gasteiger partial charge is 0.321 e. The van der Waals surface area contributed by atoms with E-state index in [1.165, 1.54) is 5.56 Å². The Morgan fingerprint density at radius 1 is 0.970 bits per heavy atom. The van der Waals surface area contributed by atoms with E-state index in [-0.39, 0.29) is 17.1 Å². The highest BCUT2D eigenvalue weighted by Gasteiger charge is 2.55. The largest absolute Gasteiger partial charge is 0.497 e. The van der Waals surface area contributed by atoms with Gasteiger partial charge in [0.1, 0.15) is 5.75 Å². The maximum Gasteiger partial charge on any atom is 0.321 e. The molecule has 0 bridgehead atoms. The second-order valence-electron chi connectivity index (χ2n) is 10.4. The van der Waals surface area contributed by atoms with E-state index in [0.29, 0.717) is 19.6 Å². The van der Waals surface area contributed by atoms with Crippen LogP contribution in [0.5, 0.6) is 5.75 Å². The van der Waals surface area contributed by atoms with Crippen LogP contribution in [-0.2, 0) is 12.1 Å². The highest BCUT2D eigenvalue weighted by atomic mass is 16.5. The van der Waals surface area contributed by atoms with Gasteiger partial charge in [0.05, 0.1) is 24.8 Å². The maximum atomic E-state index is 13.6. The standard InChI is InChI=1S/C27H35N3O3/c1-33-23-10-8-21(9-11-23)18-29-19-25(30(24(29)31)20-26(32)12-5-13-26)14-16-27(28,17-15-25)22-6-3-2-4-7-22/h2-4,6-11,32H,5,12-20,28H2,1H3/t25-,27+. The maximum absolute atomic E-state index is 13.6. The third-order valence-corrected chi connectivity index (χ3v) is 8.25. The number of carbonyl (C=O) groups excluding carboxylic acids is 1. The topological polar surface area (TPSA) is 79.0 Å². The molecule has 2 aromatic carbocycles. The highest BCUT2D eigenvalue weighted by molar-refractivity contribution is 5.78. The summed E-state index contributed by atoms with van der Waals surface area (Å²) in [6.07, 6.45) is 5.93. The van der Waals surface area contributed by atoms with Crippen molar-refractivity contribution in [3.63, 3.8) is 0 Å². The number of benzene rings is 2. The Bertz CT molecular complexity index is 979. The van der Waals surface area contributed by atoms with Crippen molar-refractivity contribution in [2.45, 2.75) is 68.2 Å². The lowest BCUT2D eigenvalue weighted by Gasteiger charge is -2.49. The van der Waals surface area contributed by atoms with E-state index < -0.39 is 5.60 Å². The molecule has 33 heavy (non-hydrogen) atoms. The third kappa shape index (κ3) is 4.11. The molecule has 0 radical (unpaired) electrons. The van der Waals surface area contributed by atoms with Crippen molar-refractivity contribution in [2.75, 3.05) is 20.2 Å². The van der Waals surface area contributed by atoms with Crippen molar-refractivity contribution >= 4 is 6.03 Å². The van der Waals surface area contributed by atoms with Crippen LogP contribution in [0.3, 0.4) is 0 Å². The van der Waals surface area contributed by atoms with E-state index in [9.17, 15) is 9.90 Å². The molecule has 1 heterocycles. The van der Waals surface area contributed by atoms with E-state index in [4.69, 9.17) is 10.5 Å². The van der Waals surface area contributed by atoms with Gasteiger partial charge in [0, 0.05) is 18.6 Å². The molecule has 6 nitrogen and oxygen atoms in total. The molecule has 3 N–H and O–H groups in total. The Morgan fingerprint density at radius 2 is 1.64 bits per heavy atom. The summed E-state index contributed by atoms with van der Waals surface area (Å²) in [5.41, 5.74) is 7.76. The van der Waals surface area contributed by atoms with Crippen LogP contribution >= 0.6 is 0 Å². The first-order valence-corrected chi connectivity index (χ1v) is 12.1. The lowest BCUT2D eigenvalue weighted by atomic mass is 9.69. The van der Waals surface area contributed by atoms with Gasteiger partial charge < -0.3 is 25.4 Å². The molecule has 0 atom stereocenters. The number of nitrogens with two attached hydrogens (primary N) is 1. The monoisotopic (exact) mass is 449 g/mol. The zero-order valence-corrected chi connectivity index (χ0v) is 19.5. The molecule has 0 aromatic heterocycles. The van der Waals surface area contributed by atoms with Crippen LogP contribution in [-0.4, -0.2) is 52.3 Å².